The Morgan fingerprint density at radius 1 is 0.950 bits per heavy atom. The number of nitrogens with one attached hydrogen (secondary N) is 2. The summed E-state index contributed by atoms with van der Waals surface area (Å²) in [6.07, 6.45) is -0.671. The predicted octanol–water partition coefficient (Wildman–Crippen LogP) is 6.94. The van der Waals surface area contributed by atoms with E-state index in [0.717, 1.165) is 49.1 Å². The number of anilines is 1. The largest absolute Gasteiger partial charge is 0.507 e. The minimum Gasteiger partial charge on any atom is -0.507 e. The van der Waals surface area contributed by atoms with E-state index in [-0.39, 0.29) is 28.5 Å². The van der Waals surface area contributed by atoms with Gasteiger partial charge in [0.2, 0.25) is 0 Å². The van der Waals surface area contributed by atoms with E-state index >= 15 is 0 Å². The van der Waals surface area contributed by atoms with Crippen LogP contribution in [0.25, 0.3) is 11.3 Å². The van der Waals surface area contributed by atoms with Gasteiger partial charge in [0.05, 0.1) is 17.0 Å². The van der Waals surface area contributed by atoms with E-state index in [9.17, 15) is 27.9 Å². The lowest BCUT2D eigenvalue weighted by molar-refractivity contribution is -0.137. The summed E-state index contributed by atoms with van der Waals surface area (Å²) in [6.45, 7) is 0.321. The summed E-state index contributed by atoms with van der Waals surface area (Å²) < 4.78 is 40.6. The molecule has 3 aromatic carbocycles. The maximum absolute atomic E-state index is 13.2. The highest BCUT2D eigenvalue weighted by Crippen LogP contribution is 2.38. The minimum absolute atomic E-state index is 0.121. The van der Waals surface area contributed by atoms with Crippen molar-refractivity contribution >= 4 is 17.6 Å². The molecule has 0 bridgehead atoms. The van der Waals surface area contributed by atoms with Crippen LogP contribution in [-0.4, -0.2) is 26.8 Å². The number of carbonyl (C=O) groups excluding carboxylic acids is 2. The summed E-state index contributed by atoms with van der Waals surface area (Å²) >= 11 is 0. The summed E-state index contributed by atoms with van der Waals surface area (Å²) in [6, 6.07) is 19.3. The van der Waals surface area contributed by atoms with Gasteiger partial charge in [-0.1, -0.05) is 49.2 Å². The van der Waals surface area contributed by atoms with E-state index in [1.807, 2.05) is 30.3 Å². The second-order valence-electron chi connectivity index (χ2n) is 9.76. The minimum atomic E-state index is -4.58. The maximum Gasteiger partial charge on any atom is 0.416 e. The highest BCUT2D eigenvalue weighted by Gasteiger charge is 2.31. The first-order chi connectivity index (χ1) is 19.2. The Morgan fingerprint density at radius 2 is 1.70 bits per heavy atom. The molecule has 0 aliphatic heterocycles. The Kier molecular flexibility index (Phi) is 7.59. The van der Waals surface area contributed by atoms with Crippen molar-refractivity contribution in [1.29, 1.82) is 0 Å². The first kappa shape index (κ1) is 27.0. The van der Waals surface area contributed by atoms with E-state index < -0.39 is 23.7 Å². The molecule has 0 atom stereocenters. The summed E-state index contributed by atoms with van der Waals surface area (Å²) in [7, 11) is 0. The summed E-state index contributed by atoms with van der Waals surface area (Å²) in [5.41, 5.74) is 1.44. The third-order valence-electron chi connectivity index (χ3n) is 6.97. The number of phenols is 1. The normalized spacial score (nSPS) is 13.8. The van der Waals surface area contributed by atoms with Crippen molar-refractivity contribution in [2.75, 3.05) is 5.32 Å². The van der Waals surface area contributed by atoms with Crippen LogP contribution in [0.2, 0.25) is 0 Å². The number of amides is 2. The van der Waals surface area contributed by atoms with Gasteiger partial charge in [0.1, 0.15) is 5.75 Å². The summed E-state index contributed by atoms with van der Waals surface area (Å²) in [4.78, 5) is 25.9. The predicted molar refractivity (Wildman–Crippen MR) is 144 cm³/mol. The van der Waals surface area contributed by atoms with Gasteiger partial charge in [-0.2, -0.15) is 23.0 Å². The van der Waals surface area contributed by atoms with Crippen molar-refractivity contribution in [3.05, 3.63) is 101 Å². The molecule has 0 saturated heterocycles. The van der Waals surface area contributed by atoms with Gasteiger partial charge in [-0.05, 0) is 60.9 Å². The number of benzene rings is 3. The van der Waals surface area contributed by atoms with Gasteiger partial charge in [-0.25, -0.2) is 4.79 Å². The standard InChI is InChI=1S/C30H27F3N4O3/c31-30(32,33)22-12-6-11-21(15-22)28(39)35-23-13-14-27(38)24(16-23)25-17-26(20-9-4-5-10-20)37(36-25)29(40)34-18-19-7-2-1-3-8-19/h1-3,6-8,11-17,20,38H,4-5,9-10,18H2,(H,34,40)(H,35,39). The average molecular weight is 549 g/mol. The zero-order valence-corrected chi connectivity index (χ0v) is 21.4. The van der Waals surface area contributed by atoms with Crippen LogP contribution >= 0.6 is 0 Å². The topological polar surface area (TPSA) is 96.2 Å². The molecule has 40 heavy (non-hydrogen) atoms. The quantitative estimate of drug-likeness (QED) is 0.227. The molecule has 1 aromatic heterocycles. The first-order valence-electron chi connectivity index (χ1n) is 12.9. The Morgan fingerprint density at radius 3 is 2.42 bits per heavy atom. The molecule has 10 heteroatoms. The van der Waals surface area contributed by atoms with Crippen molar-refractivity contribution in [3.8, 4) is 17.0 Å². The lowest BCUT2D eigenvalue weighted by Gasteiger charge is -2.12. The molecule has 0 radical (unpaired) electrons. The van der Waals surface area contributed by atoms with E-state index in [2.05, 4.69) is 15.7 Å². The maximum atomic E-state index is 13.2. The molecule has 1 aliphatic rings. The Labute approximate surface area is 228 Å². The van der Waals surface area contributed by atoms with Crippen LogP contribution in [0.5, 0.6) is 5.75 Å². The smallest absolute Gasteiger partial charge is 0.416 e. The van der Waals surface area contributed by atoms with Gasteiger partial charge in [0, 0.05) is 29.3 Å². The number of aromatic nitrogens is 2. The van der Waals surface area contributed by atoms with Gasteiger partial charge < -0.3 is 15.7 Å². The lowest BCUT2D eigenvalue weighted by Crippen LogP contribution is -2.30. The van der Waals surface area contributed by atoms with Crippen molar-refractivity contribution in [1.82, 2.24) is 15.1 Å². The van der Waals surface area contributed by atoms with Gasteiger partial charge in [-0.15, -0.1) is 0 Å². The zero-order valence-electron chi connectivity index (χ0n) is 21.4. The molecular formula is C30H27F3N4O3. The molecule has 1 aliphatic carbocycles. The van der Waals surface area contributed by atoms with Crippen molar-refractivity contribution in [2.45, 2.75) is 44.3 Å². The van der Waals surface area contributed by atoms with Gasteiger partial charge >= 0.3 is 12.2 Å². The van der Waals surface area contributed by atoms with E-state index in [4.69, 9.17) is 0 Å². The number of halogens is 3. The number of alkyl halides is 3. The Bertz CT molecular complexity index is 1530. The van der Waals surface area contributed by atoms with Gasteiger partial charge in [0.25, 0.3) is 5.91 Å². The third kappa shape index (κ3) is 6.01. The number of hydrogen-bond donors (Lipinski definition) is 3. The molecule has 206 valence electrons. The second kappa shape index (κ2) is 11.3. The summed E-state index contributed by atoms with van der Waals surface area (Å²) in [5, 5.41) is 20.6. The number of hydrogen-bond acceptors (Lipinski definition) is 4. The van der Waals surface area contributed by atoms with E-state index in [0.29, 0.717) is 12.2 Å². The van der Waals surface area contributed by atoms with E-state index in [1.165, 1.54) is 35.0 Å². The highest BCUT2D eigenvalue weighted by atomic mass is 19.4. The first-order valence-corrected chi connectivity index (χ1v) is 12.9. The number of carbonyl (C=O) groups is 2. The zero-order chi connectivity index (χ0) is 28.3. The number of rotatable bonds is 6. The molecule has 1 heterocycles. The molecule has 3 N–H and O–H groups in total. The van der Waals surface area contributed by atoms with Crippen molar-refractivity contribution in [3.63, 3.8) is 0 Å². The lowest BCUT2D eigenvalue weighted by atomic mass is 10.0. The van der Waals surface area contributed by atoms with Crippen LogP contribution < -0.4 is 10.6 Å². The van der Waals surface area contributed by atoms with Crippen LogP contribution in [0.3, 0.4) is 0 Å². The molecule has 4 aromatic rings. The number of phenolic OH excluding ortho intramolecular Hbond substituents is 1. The van der Waals surface area contributed by atoms with Crippen LogP contribution in [0.15, 0.2) is 78.9 Å². The molecule has 5 rings (SSSR count). The third-order valence-corrected chi connectivity index (χ3v) is 6.97. The summed E-state index contributed by atoms with van der Waals surface area (Å²) in [5.74, 6) is -0.723. The highest BCUT2D eigenvalue weighted by molar-refractivity contribution is 6.04. The number of aromatic hydroxyl groups is 1. The molecule has 1 fully saturated rings. The molecule has 1 saturated carbocycles. The fraction of sp³-hybridized carbons (Fsp3) is 0.233. The second-order valence-corrected chi connectivity index (χ2v) is 9.76. The fourth-order valence-electron chi connectivity index (χ4n) is 4.91. The average Bonchev–Trinajstić information content (AvgIpc) is 3.63. The van der Waals surface area contributed by atoms with Crippen molar-refractivity contribution < 1.29 is 27.9 Å². The Hall–Kier alpha value is -4.60. The molecular weight excluding hydrogens is 521 g/mol. The van der Waals surface area contributed by atoms with Crippen LogP contribution in [0.1, 0.15) is 58.8 Å². The fourth-order valence-corrected chi connectivity index (χ4v) is 4.91. The Balaban J connectivity index is 1.41. The molecule has 2 amide bonds. The van der Waals surface area contributed by atoms with Crippen LogP contribution in [-0.2, 0) is 12.7 Å². The molecule has 0 unspecified atom stereocenters. The van der Waals surface area contributed by atoms with Gasteiger partial charge in [0.15, 0.2) is 0 Å². The van der Waals surface area contributed by atoms with Crippen molar-refractivity contribution in [2.24, 2.45) is 0 Å². The monoisotopic (exact) mass is 548 g/mol. The van der Waals surface area contributed by atoms with Crippen LogP contribution in [0, 0.1) is 0 Å². The van der Waals surface area contributed by atoms with E-state index in [1.54, 1.807) is 6.07 Å². The SMILES string of the molecule is O=C(Nc1ccc(O)c(-c2cc(C3CCCC3)n(C(=O)NCc3ccccc3)n2)c1)c1cccc(C(F)(F)F)c1. The molecule has 7 nitrogen and oxygen atoms in total. The van der Waals surface area contributed by atoms with Gasteiger partial charge in [-0.3, -0.25) is 4.79 Å². The van der Waals surface area contributed by atoms with Crippen LogP contribution in [0.4, 0.5) is 23.7 Å². The molecule has 0 spiro atoms. The number of nitrogens with zero attached hydrogens (tertiary/aromatic N) is 2.